The second-order valence-electron chi connectivity index (χ2n) is 7.77. The largest absolute Gasteiger partial charge is 0.348 e. The number of nitrogens with two attached hydrogens (primary N) is 1. The van der Waals surface area contributed by atoms with Gasteiger partial charge in [-0.25, -0.2) is 4.98 Å². The number of aryl methyl sites for hydroxylation is 1. The Morgan fingerprint density at radius 1 is 1.22 bits per heavy atom. The van der Waals surface area contributed by atoms with E-state index < -0.39 is 0 Å². The number of nitrogens with zero attached hydrogens (tertiary/aromatic N) is 2. The van der Waals surface area contributed by atoms with Crippen LogP contribution in [-0.2, 0) is 6.42 Å². The van der Waals surface area contributed by atoms with Gasteiger partial charge in [0.15, 0.2) is 0 Å². The molecule has 0 aromatic carbocycles. The lowest BCUT2D eigenvalue weighted by Gasteiger charge is -2.33. The van der Waals surface area contributed by atoms with Gasteiger partial charge in [0.25, 0.3) is 0 Å². The van der Waals surface area contributed by atoms with Crippen molar-refractivity contribution < 1.29 is 0 Å². The summed E-state index contributed by atoms with van der Waals surface area (Å²) in [6.45, 7) is 2.99. The first-order valence-electron chi connectivity index (χ1n) is 10.7. The van der Waals surface area contributed by atoms with E-state index in [0.29, 0.717) is 18.0 Å². The van der Waals surface area contributed by atoms with Gasteiger partial charge in [0.2, 0.25) is 0 Å². The minimum atomic E-state index is 0.335. The third-order valence-electron chi connectivity index (χ3n) is 5.80. The molecule has 2 aromatic rings. The maximum Gasteiger partial charge on any atom is 0.110 e. The van der Waals surface area contributed by atoms with Crippen molar-refractivity contribution in [3.05, 3.63) is 47.8 Å². The summed E-state index contributed by atoms with van der Waals surface area (Å²) < 4.78 is 0. The molecule has 2 unspecified atom stereocenters. The Balaban J connectivity index is 1.79. The van der Waals surface area contributed by atoms with Gasteiger partial charge in [0, 0.05) is 36.6 Å². The zero-order valence-corrected chi connectivity index (χ0v) is 16.7. The molecule has 0 bridgehead atoms. The lowest BCUT2D eigenvalue weighted by atomic mass is 9.86. The highest BCUT2D eigenvalue weighted by atomic mass is 15.0. The molecular formula is C22H35N5. The van der Waals surface area contributed by atoms with Crippen LogP contribution < -0.4 is 11.1 Å². The van der Waals surface area contributed by atoms with Gasteiger partial charge >= 0.3 is 0 Å². The molecule has 2 aromatic heterocycles. The monoisotopic (exact) mass is 369 g/mol. The molecule has 148 valence electrons. The van der Waals surface area contributed by atoms with Crippen LogP contribution in [0.3, 0.4) is 0 Å². The molecule has 0 aliphatic heterocycles. The fraction of sp³-hybridized carbons (Fsp3) is 0.636. The average molecular weight is 370 g/mol. The SMILES string of the molecule is CCCCCC(c1ncc[nH]1)C(CCCN)N[C@H]1CCCc2cccnc21. The van der Waals surface area contributed by atoms with E-state index in [2.05, 4.69) is 34.3 Å². The van der Waals surface area contributed by atoms with E-state index in [1.807, 2.05) is 18.6 Å². The van der Waals surface area contributed by atoms with Crippen molar-refractivity contribution in [2.75, 3.05) is 6.54 Å². The van der Waals surface area contributed by atoms with Gasteiger partial charge in [0.1, 0.15) is 5.82 Å². The van der Waals surface area contributed by atoms with E-state index in [1.54, 1.807) is 0 Å². The van der Waals surface area contributed by atoms with Crippen molar-refractivity contribution in [2.24, 2.45) is 5.73 Å². The molecule has 0 amide bonds. The lowest BCUT2D eigenvalue weighted by Crippen LogP contribution is -2.40. The number of hydrogen-bond acceptors (Lipinski definition) is 4. The molecule has 2 heterocycles. The quantitative estimate of drug-likeness (QED) is 0.518. The predicted octanol–water partition coefficient (Wildman–Crippen LogP) is 4.24. The van der Waals surface area contributed by atoms with Gasteiger partial charge in [-0.2, -0.15) is 0 Å². The molecular weight excluding hydrogens is 334 g/mol. The van der Waals surface area contributed by atoms with Gasteiger partial charge in [-0.1, -0.05) is 32.3 Å². The zero-order chi connectivity index (χ0) is 18.9. The first kappa shape index (κ1) is 20.0. The second-order valence-corrected chi connectivity index (χ2v) is 7.77. The summed E-state index contributed by atoms with van der Waals surface area (Å²) in [6.07, 6.45) is 16.3. The Labute approximate surface area is 163 Å². The predicted molar refractivity (Wildman–Crippen MR) is 111 cm³/mol. The highest BCUT2D eigenvalue weighted by Crippen LogP contribution is 2.32. The minimum Gasteiger partial charge on any atom is -0.348 e. The standard InChI is InChI=1S/C22H35N5/c1-2-3-4-10-18(22-25-15-16-26-22)19(12-6-13-23)27-20-11-5-8-17-9-7-14-24-21(17)20/h7,9,14-16,18-20,27H,2-6,8,10-13,23H2,1H3,(H,25,26)/t18?,19?,20-/m0/s1. The Morgan fingerprint density at radius 2 is 2.15 bits per heavy atom. The Kier molecular flexibility index (Phi) is 7.84. The molecule has 5 nitrogen and oxygen atoms in total. The van der Waals surface area contributed by atoms with Crippen LogP contribution in [-0.4, -0.2) is 27.5 Å². The van der Waals surface area contributed by atoms with Crippen LogP contribution in [0.1, 0.15) is 87.3 Å². The number of fused-ring (bicyclic) bond motifs is 1. The third kappa shape index (κ3) is 5.39. The van der Waals surface area contributed by atoms with Crippen LogP contribution >= 0.6 is 0 Å². The first-order chi connectivity index (χ1) is 13.3. The summed E-state index contributed by atoms with van der Waals surface area (Å²) in [5.74, 6) is 1.50. The number of pyridine rings is 1. The molecule has 27 heavy (non-hydrogen) atoms. The van der Waals surface area contributed by atoms with E-state index >= 15 is 0 Å². The molecule has 4 N–H and O–H groups in total. The van der Waals surface area contributed by atoms with Crippen LogP contribution in [0.5, 0.6) is 0 Å². The summed E-state index contributed by atoms with van der Waals surface area (Å²) in [5, 5.41) is 3.98. The molecule has 3 rings (SSSR count). The smallest absolute Gasteiger partial charge is 0.110 e. The molecule has 5 heteroatoms. The average Bonchev–Trinajstić information content (AvgIpc) is 3.23. The minimum absolute atomic E-state index is 0.335. The van der Waals surface area contributed by atoms with Crippen molar-refractivity contribution in [3.8, 4) is 0 Å². The van der Waals surface area contributed by atoms with Crippen molar-refractivity contribution in [1.29, 1.82) is 0 Å². The van der Waals surface area contributed by atoms with Crippen molar-refractivity contribution in [1.82, 2.24) is 20.3 Å². The van der Waals surface area contributed by atoms with Crippen molar-refractivity contribution >= 4 is 0 Å². The normalized spacial score (nSPS) is 18.8. The summed E-state index contributed by atoms with van der Waals surface area (Å²) in [5.41, 5.74) is 8.51. The number of aromatic nitrogens is 3. The summed E-state index contributed by atoms with van der Waals surface area (Å²) in [7, 11) is 0. The van der Waals surface area contributed by atoms with Crippen LogP contribution in [0.25, 0.3) is 0 Å². The maximum atomic E-state index is 5.86. The van der Waals surface area contributed by atoms with Crippen molar-refractivity contribution in [2.45, 2.75) is 82.7 Å². The molecule has 0 saturated carbocycles. The Morgan fingerprint density at radius 3 is 2.93 bits per heavy atom. The number of rotatable bonds is 11. The number of nitrogens with one attached hydrogen (secondary N) is 2. The van der Waals surface area contributed by atoms with Gasteiger partial charge in [-0.3, -0.25) is 4.98 Å². The number of imidazole rings is 1. The van der Waals surface area contributed by atoms with E-state index in [0.717, 1.165) is 44.5 Å². The van der Waals surface area contributed by atoms with Crippen LogP contribution in [0.4, 0.5) is 0 Å². The lowest BCUT2D eigenvalue weighted by molar-refractivity contribution is 0.311. The van der Waals surface area contributed by atoms with Gasteiger partial charge in [-0.05, 0) is 56.7 Å². The fourth-order valence-corrected chi connectivity index (χ4v) is 4.39. The summed E-state index contributed by atoms with van der Waals surface area (Å²) in [6, 6.07) is 5.00. The molecule has 0 fully saturated rings. The van der Waals surface area contributed by atoms with Gasteiger partial charge in [0.05, 0.1) is 5.69 Å². The topological polar surface area (TPSA) is 79.6 Å². The number of unbranched alkanes of at least 4 members (excludes halogenated alkanes) is 2. The van der Waals surface area contributed by atoms with E-state index in [1.165, 1.54) is 36.9 Å². The highest BCUT2D eigenvalue weighted by molar-refractivity contribution is 5.25. The Hall–Kier alpha value is -1.72. The fourth-order valence-electron chi connectivity index (χ4n) is 4.39. The summed E-state index contributed by atoms with van der Waals surface area (Å²) >= 11 is 0. The molecule has 1 aliphatic rings. The van der Waals surface area contributed by atoms with E-state index in [4.69, 9.17) is 10.7 Å². The number of H-pyrrole nitrogens is 1. The van der Waals surface area contributed by atoms with E-state index in [9.17, 15) is 0 Å². The first-order valence-corrected chi connectivity index (χ1v) is 10.7. The molecule has 1 aliphatic carbocycles. The number of aromatic amines is 1. The molecule has 0 radical (unpaired) electrons. The molecule has 3 atom stereocenters. The third-order valence-corrected chi connectivity index (χ3v) is 5.80. The second kappa shape index (κ2) is 10.6. The Bertz CT molecular complexity index is 654. The highest BCUT2D eigenvalue weighted by Gasteiger charge is 2.29. The zero-order valence-electron chi connectivity index (χ0n) is 16.7. The van der Waals surface area contributed by atoms with Crippen LogP contribution in [0, 0.1) is 0 Å². The van der Waals surface area contributed by atoms with Crippen LogP contribution in [0.2, 0.25) is 0 Å². The maximum absolute atomic E-state index is 5.86. The number of hydrogen-bond donors (Lipinski definition) is 3. The van der Waals surface area contributed by atoms with E-state index in [-0.39, 0.29) is 0 Å². The summed E-state index contributed by atoms with van der Waals surface area (Å²) in [4.78, 5) is 12.7. The van der Waals surface area contributed by atoms with Gasteiger partial charge in [-0.15, -0.1) is 0 Å². The van der Waals surface area contributed by atoms with Crippen LogP contribution in [0.15, 0.2) is 30.7 Å². The van der Waals surface area contributed by atoms with Crippen molar-refractivity contribution in [3.63, 3.8) is 0 Å². The molecule has 0 spiro atoms. The van der Waals surface area contributed by atoms with Gasteiger partial charge < -0.3 is 16.0 Å². The molecule has 0 saturated heterocycles.